The van der Waals surface area contributed by atoms with Gasteiger partial charge in [0, 0.05) is 55.3 Å². The Kier molecular flexibility index (Phi) is 21.7. The molecular formula is C128H105N3O3. The van der Waals surface area contributed by atoms with Gasteiger partial charge in [-0.05, 0) is 325 Å². The molecule has 18 aromatic carbocycles. The number of hydrogen-bond donors (Lipinski definition) is 3. The van der Waals surface area contributed by atoms with Gasteiger partial charge in [0.15, 0.2) is 0 Å². The fourth-order valence-corrected chi connectivity index (χ4v) is 22.6. The summed E-state index contributed by atoms with van der Waals surface area (Å²) in [6.07, 6.45) is 18.6. The molecule has 0 radical (unpaired) electrons. The summed E-state index contributed by atoms with van der Waals surface area (Å²) < 4.78 is 20.1. The zero-order chi connectivity index (χ0) is 89.0. The number of anilines is 6. The average molecular weight is 1730 g/mol. The van der Waals surface area contributed by atoms with Crippen LogP contribution in [0.4, 0.5) is 34.1 Å². The van der Waals surface area contributed by atoms with Gasteiger partial charge in [0.25, 0.3) is 0 Å². The van der Waals surface area contributed by atoms with Crippen molar-refractivity contribution in [3.63, 3.8) is 0 Å². The van der Waals surface area contributed by atoms with Crippen LogP contribution in [0.2, 0.25) is 0 Å². The number of benzene rings is 18. The minimum Gasteiger partial charge on any atom is -0.489 e. The smallest absolute Gasteiger partial charge is 0.119 e. The Morgan fingerprint density at radius 2 is 0.463 bits per heavy atom. The van der Waals surface area contributed by atoms with Crippen LogP contribution in [-0.2, 0) is 25.2 Å². The first-order valence-electron chi connectivity index (χ1n) is 48.5. The summed E-state index contributed by atoms with van der Waals surface area (Å²) in [4.78, 5) is 0. The van der Waals surface area contributed by atoms with Gasteiger partial charge in [0.05, 0.1) is 17.1 Å². The van der Waals surface area contributed by atoms with E-state index in [-0.39, 0.29) is 0 Å². The Morgan fingerprint density at radius 3 is 0.746 bits per heavy atom. The van der Waals surface area contributed by atoms with Gasteiger partial charge in [-0.15, -0.1) is 0 Å². The molecule has 0 spiro atoms. The Balaban J connectivity index is 0.481. The van der Waals surface area contributed by atoms with Crippen molar-refractivity contribution in [3.05, 3.63) is 466 Å². The monoisotopic (exact) mass is 1730 g/mol. The quantitative estimate of drug-likeness (QED) is 0.0623. The molecule has 6 aliphatic rings. The van der Waals surface area contributed by atoms with Gasteiger partial charge in [0.1, 0.15) is 37.1 Å². The molecule has 24 rings (SSSR count). The van der Waals surface area contributed by atoms with Gasteiger partial charge < -0.3 is 30.2 Å². The van der Waals surface area contributed by atoms with Crippen molar-refractivity contribution in [2.24, 2.45) is 0 Å². The van der Waals surface area contributed by atoms with Gasteiger partial charge in [0.2, 0.25) is 0 Å². The molecule has 0 heterocycles. The van der Waals surface area contributed by atoms with Crippen molar-refractivity contribution in [3.8, 4) is 84.0 Å². The summed E-state index contributed by atoms with van der Waals surface area (Å²) in [6, 6.07) is 141. The van der Waals surface area contributed by atoms with Crippen molar-refractivity contribution >= 4 is 83.2 Å². The molecule has 650 valence electrons. The first-order chi connectivity index (χ1) is 66.3. The van der Waals surface area contributed by atoms with Crippen LogP contribution in [-0.4, -0.2) is 0 Å². The van der Waals surface area contributed by atoms with E-state index in [1.807, 2.05) is 0 Å². The molecule has 0 aromatic heterocycles. The normalized spacial score (nSPS) is 14.3. The Bertz CT molecular complexity index is 6960. The van der Waals surface area contributed by atoms with Crippen LogP contribution in [0.5, 0.6) is 17.2 Å². The van der Waals surface area contributed by atoms with Crippen molar-refractivity contribution in [2.45, 2.75) is 128 Å². The van der Waals surface area contributed by atoms with E-state index in [1.165, 1.54) is 245 Å². The Labute approximate surface area is 786 Å². The van der Waals surface area contributed by atoms with E-state index in [4.69, 9.17) is 14.2 Å². The lowest BCUT2D eigenvalue weighted by Crippen LogP contribution is -2.25. The minimum absolute atomic E-state index is 0.409. The lowest BCUT2D eigenvalue weighted by molar-refractivity contribution is 0.306. The van der Waals surface area contributed by atoms with Crippen LogP contribution in [0.25, 0.3) is 116 Å². The second-order valence-electron chi connectivity index (χ2n) is 37.7. The van der Waals surface area contributed by atoms with Crippen LogP contribution in [0.1, 0.15) is 170 Å². The van der Waals surface area contributed by atoms with Gasteiger partial charge in [-0.1, -0.05) is 327 Å². The van der Waals surface area contributed by atoms with Crippen LogP contribution in [0.3, 0.4) is 0 Å². The standard InChI is InChI=1S/C128H105N3O3/c1-128(95-53-65-101(66-54-95)132-80-83-41-59-98(60-42-83)129-125-104-32-14-11-23-86(104)47-71-107(125)92-50-74-113-110-35-17-20-38-116(110)122(119(113)77-92)89-26-5-2-6-27-89,96-55-67-102(68-56-96)133-81-84-43-61-99(62-44-84)130-126-105-33-15-12-24-87(105)48-72-108(126)93-51-75-114-111-36-18-21-39-117(111)123(120(114)78-93)90-28-7-3-8-29-90)97-57-69-103(70-58-97)134-82-85-45-63-100(64-46-85)131-127-106-34-16-13-25-88(106)49-73-109(127)94-52-76-115-112-37-19-22-40-118(112)124(121(115)79-94)91-30-9-4-10-31-91/h11-25,32-79,129-131H,2-10,26-31,80-82H2,1H3. The molecule has 0 saturated heterocycles. The molecule has 0 amide bonds. The second-order valence-corrected chi connectivity index (χ2v) is 37.7. The molecular weight excluding hydrogens is 1630 g/mol. The summed E-state index contributed by atoms with van der Waals surface area (Å²) in [5.41, 5.74) is 45.1. The maximum absolute atomic E-state index is 6.69. The Morgan fingerprint density at radius 1 is 0.216 bits per heavy atom. The maximum atomic E-state index is 6.69. The first kappa shape index (κ1) is 82.0. The number of ether oxygens (including phenoxy) is 3. The lowest BCUT2D eigenvalue weighted by atomic mass is 9.71. The highest BCUT2D eigenvalue weighted by Crippen LogP contribution is 2.55. The third-order valence-electron chi connectivity index (χ3n) is 29.7. The SMILES string of the molecule is CC(c1ccc(OCc2ccc(Nc3c(-c4ccc5c(c4)C(=C4CCCCC4)c4ccccc4-5)ccc4ccccc34)cc2)cc1)(c1ccc(OCc2ccc(Nc3c(-c4ccc5c(c4)C(=C4CCCCC4)c4ccccc4-5)ccc4ccccc34)cc2)cc1)c1ccc(OCc2ccc(Nc3c(-c4ccc5c(c4)C(=C4CCCCC4)c4ccccc4-5)ccc4ccccc34)cc2)cc1. The third kappa shape index (κ3) is 15.5. The third-order valence-corrected chi connectivity index (χ3v) is 29.7. The summed E-state index contributed by atoms with van der Waals surface area (Å²) in [7, 11) is 0. The first-order valence-corrected chi connectivity index (χ1v) is 48.5. The van der Waals surface area contributed by atoms with Crippen LogP contribution in [0, 0.1) is 0 Å². The van der Waals surface area contributed by atoms with E-state index in [2.05, 4.69) is 405 Å². The number of nitrogens with one attached hydrogen (secondary N) is 3. The van der Waals surface area contributed by atoms with Crippen molar-refractivity contribution in [1.29, 1.82) is 0 Å². The summed E-state index contributed by atoms with van der Waals surface area (Å²) >= 11 is 0. The number of allylic oxidation sites excluding steroid dienone is 3. The maximum Gasteiger partial charge on any atom is 0.119 e. The molecule has 6 aliphatic carbocycles. The van der Waals surface area contributed by atoms with E-state index in [0.717, 1.165) is 84.8 Å². The molecule has 6 nitrogen and oxygen atoms in total. The van der Waals surface area contributed by atoms with Gasteiger partial charge in [-0.2, -0.15) is 0 Å². The van der Waals surface area contributed by atoms with Crippen LogP contribution >= 0.6 is 0 Å². The van der Waals surface area contributed by atoms with Crippen LogP contribution < -0.4 is 30.2 Å². The molecule has 18 aromatic rings. The molecule has 0 aliphatic heterocycles. The summed E-state index contributed by atoms with van der Waals surface area (Å²) in [5, 5.41) is 19.0. The Hall–Kier alpha value is -15.2. The highest BCUT2D eigenvalue weighted by molar-refractivity contribution is 6.11. The molecule has 0 unspecified atom stereocenters. The molecule has 134 heavy (non-hydrogen) atoms. The van der Waals surface area contributed by atoms with Crippen LogP contribution in [0.15, 0.2) is 399 Å². The number of hydrogen-bond acceptors (Lipinski definition) is 6. The predicted octanol–water partition coefficient (Wildman–Crippen LogP) is 34.7. The van der Waals surface area contributed by atoms with E-state index in [0.29, 0.717) is 19.8 Å². The molecule has 0 atom stereocenters. The molecule has 3 fully saturated rings. The minimum atomic E-state index is -0.604. The van der Waals surface area contributed by atoms with Gasteiger partial charge in [-0.3, -0.25) is 0 Å². The topological polar surface area (TPSA) is 63.8 Å². The molecule has 0 bridgehead atoms. The second kappa shape index (κ2) is 35.5. The lowest BCUT2D eigenvalue weighted by Gasteiger charge is -2.32. The zero-order valence-electron chi connectivity index (χ0n) is 75.8. The van der Waals surface area contributed by atoms with E-state index >= 15 is 0 Å². The molecule has 6 heteroatoms. The molecule has 3 saturated carbocycles. The largest absolute Gasteiger partial charge is 0.489 e. The van der Waals surface area contributed by atoms with Gasteiger partial charge >= 0.3 is 0 Å². The average Bonchev–Trinajstić information content (AvgIpc) is 1.61. The summed E-state index contributed by atoms with van der Waals surface area (Å²) in [6.45, 7) is 3.55. The van der Waals surface area contributed by atoms with Gasteiger partial charge in [-0.25, -0.2) is 0 Å². The summed E-state index contributed by atoms with van der Waals surface area (Å²) in [5.74, 6) is 2.38. The zero-order valence-corrected chi connectivity index (χ0v) is 75.8. The van der Waals surface area contributed by atoms with E-state index in [1.54, 1.807) is 16.7 Å². The number of rotatable bonds is 21. The fourth-order valence-electron chi connectivity index (χ4n) is 22.6. The predicted molar refractivity (Wildman–Crippen MR) is 559 cm³/mol. The fraction of sp³-hybridized carbons (Fsp3) is 0.156. The van der Waals surface area contributed by atoms with Crippen molar-refractivity contribution in [2.75, 3.05) is 16.0 Å². The highest BCUT2D eigenvalue weighted by Gasteiger charge is 2.35. The highest BCUT2D eigenvalue weighted by atomic mass is 16.5. The van der Waals surface area contributed by atoms with E-state index < -0.39 is 5.41 Å². The van der Waals surface area contributed by atoms with Crippen molar-refractivity contribution in [1.82, 2.24) is 0 Å². The van der Waals surface area contributed by atoms with E-state index in [9.17, 15) is 0 Å². The van der Waals surface area contributed by atoms with Crippen molar-refractivity contribution < 1.29 is 14.2 Å². The number of fused-ring (bicyclic) bond motifs is 12. The molecule has 3 N–H and O–H groups in total.